The van der Waals surface area contributed by atoms with Crippen molar-refractivity contribution in [2.75, 3.05) is 59.2 Å². The summed E-state index contributed by atoms with van der Waals surface area (Å²) >= 11 is 5.97. The minimum atomic E-state index is -0.953. The number of aliphatic carboxylic acids is 1. The largest absolute Gasteiger partial charge is 0.480 e. The van der Waals surface area contributed by atoms with E-state index in [2.05, 4.69) is 34.1 Å². The third-order valence-corrected chi connectivity index (χ3v) is 5.40. The SMILES string of the molecule is Cl.Cl.O=C(O)COCCOCCN1CCN(Cc2ccc(-c3ccc(Cl)cc3)cc2)CC1. The number of nitrogens with zero attached hydrogens (tertiary/aromatic N) is 2. The van der Waals surface area contributed by atoms with E-state index in [0.717, 1.165) is 44.3 Å². The lowest BCUT2D eigenvalue weighted by molar-refractivity contribution is -0.142. The maximum absolute atomic E-state index is 10.3. The molecule has 0 amide bonds. The molecular weight excluding hydrogens is 475 g/mol. The summed E-state index contributed by atoms with van der Waals surface area (Å²) in [5.41, 5.74) is 3.70. The molecule has 0 aliphatic carbocycles. The molecule has 6 nitrogen and oxygen atoms in total. The second-order valence-electron chi connectivity index (χ2n) is 7.38. The van der Waals surface area contributed by atoms with Crippen LogP contribution in [0.4, 0.5) is 0 Å². The van der Waals surface area contributed by atoms with Crippen molar-refractivity contribution in [3.05, 3.63) is 59.1 Å². The van der Waals surface area contributed by atoms with Crippen LogP contribution in [0.2, 0.25) is 5.02 Å². The van der Waals surface area contributed by atoms with Gasteiger partial charge in [-0.1, -0.05) is 48.0 Å². The summed E-state index contributed by atoms with van der Waals surface area (Å²) in [6.07, 6.45) is 0. The second kappa shape index (κ2) is 15.5. The molecule has 1 saturated heterocycles. The molecule has 178 valence electrons. The summed E-state index contributed by atoms with van der Waals surface area (Å²) in [6, 6.07) is 16.7. The molecule has 0 saturated carbocycles. The molecule has 2 aromatic carbocycles. The molecule has 2 aromatic rings. The summed E-state index contributed by atoms with van der Waals surface area (Å²) in [5, 5.41) is 9.24. The van der Waals surface area contributed by atoms with E-state index in [1.165, 1.54) is 16.7 Å². The highest BCUT2D eigenvalue weighted by Crippen LogP contribution is 2.22. The predicted molar refractivity (Wildman–Crippen MR) is 132 cm³/mol. The number of carboxylic acid groups (broad SMARTS) is 1. The minimum absolute atomic E-state index is 0. The maximum Gasteiger partial charge on any atom is 0.329 e. The Morgan fingerprint density at radius 3 is 1.94 bits per heavy atom. The third kappa shape index (κ3) is 10.0. The standard InChI is InChI=1S/C23H29ClN2O4.2ClH/c24-22-7-5-21(6-8-22)20-3-1-19(2-4-20)17-26-11-9-25(10-12-26)13-14-29-15-16-30-18-23(27)28;;/h1-8H,9-18H2,(H,27,28);2*1H. The van der Waals surface area contributed by atoms with Gasteiger partial charge in [0.25, 0.3) is 0 Å². The zero-order valence-corrected chi connectivity index (χ0v) is 20.3. The molecule has 32 heavy (non-hydrogen) atoms. The molecule has 1 fully saturated rings. The van der Waals surface area contributed by atoms with Crippen LogP contribution in [0.3, 0.4) is 0 Å². The third-order valence-electron chi connectivity index (χ3n) is 5.15. The quantitative estimate of drug-likeness (QED) is 0.464. The van der Waals surface area contributed by atoms with E-state index >= 15 is 0 Å². The van der Waals surface area contributed by atoms with Crippen LogP contribution in [0, 0.1) is 0 Å². The number of ether oxygens (including phenoxy) is 2. The molecule has 1 heterocycles. The van der Waals surface area contributed by atoms with Crippen LogP contribution >= 0.6 is 36.4 Å². The molecule has 0 atom stereocenters. The fourth-order valence-corrected chi connectivity index (χ4v) is 3.57. The zero-order valence-electron chi connectivity index (χ0n) is 18.0. The Balaban J connectivity index is 0.00000256. The maximum atomic E-state index is 10.3. The van der Waals surface area contributed by atoms with Gasteiger partial charge >= 0.3 is 5.97 Å². The average molecular weight is 506 g/mol. The van der Waals surface area contributed by atoms with Crippen molar-refractivity contribution >= 4 is 42.4 Å². The Morgan fingerprint density at radius 1 is 0.812 bits per heavy atom. The summed E-state index contributed by atoms with van der Waals surface area (Å²) < 4.78 is 10.5. The van der Waals surface area contributed by atoms with Crippen LogP contribution < -0.4 is 0 Å². The van der Waals surface area contributed by atoms with Gasteiger partial charge in [-0.05, 0) is 28.8 Å². The van der Waals surface area contributed by atoms with Gasteiger partial charge in [-0.3, -0.25) is 9.80 Å². The minimum Gasteiger partial charge on any atom is -0.480 e. The molecule has 1 N–H and O–H groups in total. The van der Waals surface area contributed by atoms with Gasteiger partial charge < -0.3 is 14.6 Å². The highest BCUT2D eigenvalue weighted by molar-refractivity contribution is 6.30. The van der Waals surface area contributed by atoms with Crippen molar-refractivity contribution in [3.63, 3.8) is 0 Å². The molecule has 0 aromatic heterocycles. The van der Waals surface area contributed by atoms with E-state index in [1.807, 2.05) is 24.3 Å². The van der Waals surface area contributed by atoms with Crippen LogP contribution in [0.15, 0.2) is 48.5 Å². The highest BCUT2D eigenvalue weighted by Gasteiger charge is 2.16. The molecule has 0 bridgehead atoms. The van der Waals surface area contributed by atoms with Gasteiger partial charge in [-0.2, -0.15) is 0 Å². The predicted octanol–water partition coefficient (Wildman–Crippen LogP) is 4.09. The number of rotatable bonds is 11. The van der Waals surface area contributed by atoms with E-state index in [-0.39, 0.29) is 31.4 Å². The van der Waals surface area contributed by atoms with Gasteiger partial charge in [-0.25, -0.2) is 4.79 Å². The van der Waals surface area contributed by atoms with Gasteiger partial charge in [0.2, 0.25) is 0 Å². The van der Waals surface area contributed by atoms with E-state index in [0.29, 0.717) is 19.8 Å². The van der Waals surface area contributed by atoms with Crippen molar-refractivity contribution in [1.29, 1.82) is 0 Å². The van der Waals surface area contributed by atoms with Crippen molar-refractivity contribution < 1.29 is 19.4 Å². The monoisotopic (exact) mass is 504 g/mol. The number of hydrogen-bond acceptors (Lipinski definition) is 5. The van der Waals surface area contributed by atoms with Crippen molar-refractivity contribution in [2.45, 2.75) is 6.54 Å². The molecular formula is C23H31Cl3N2O4. The Labute approximate surface area is 207 Å². The number of piperazine rings is 1. The highest BCUT2D eigenvalue weighted by atomic mass is 35.5. The average Bonchev–Trinajstić information content (AvgIpc) is 2.75. The number of carboxylic acids is 1. The molecule has 1 aliphatic rings. The molecule has 1 aliphatic heterocycles. The van der Waals surface area contributed by atoms with E-state index in [1.54, 1.807) is 0 Å². The van der Waals surface area contributed by atoms with Crippen molar-refractivity contribution in [1.82, 2.24) is 9.80 Å². The molecule has 3 rings (SSSR count). The number of halogens is 3. The lowest BCUT2D eigenvalue weighted by Gasteiger charge is -2.34. The molecule has 0 spiro atoms. The first-order chi connectivity index (χ1) is 14.6. The number of carbonyl (C=O) groups is 1. The topological polar surface area (TPSA) is 62.2 Å². The van der Waals surface area contributed by atoms with E-state index in [4.69, 9.17) is 26.2 Å². The second-order valence-corrected chi connectivity index (χ2v) is 7.82. The Hall–Kier alpha value is -1.38. The summed E-state index contributed by atoms with van der Waals surface area (Å²) in [5.74, 6) is -0.953. The van der Waals surface area contributed by atoms with Crippen LogP contribution in [0.25, 0.3) is 11.1 Å². The summed E-state index contributed by atoms with van der Waals surface area (Å²) in [6.45, 7) is 7.12. The summed E-state index contributed by atoms with van der Waals surface area (Å²) in [7, 11) is 0. The smallest absolute Gasteiger partial charge is 0.329 e. The molecule has 0 radical (unpaired) electrons. The van der Waals surface area contributed by atoms with E-state index < -0.39 is 5.97 Å². The van der Waals surface area contributed by atoms with Gasteiger partial charge in [0.1, 0.15) is 6.61 Å². The van der Waals surface area contributed by atoms with Crippen LogP contribution in [-0.4, -0.2) is 80.0 Å². The zero-order chi connectivity index (χ0) is 21.2. The molecule has 0 unspecified atom stereocenters. The lowest BCUT2D eigenvalue weighted by Crippen LogP contribution is -2.46. The normalized spacial score (nSPS) is 14.4. The molecule has 9 heteroatoms. The fourth-order valence-electron chi connectivity index (χ4n) is 3.45. The van der Waals surface area contributed by atoms with Crippen LogP contribution in [0.1, 0.15) is 5.56 Å². The van der Waals surface area contributed by atoms with E-state index in [9.17, 15) is 4.79 Å². The lowest BCUT2D eigenvalue weighted by atomic mass is 10.0. The summed E-state index contributed by atoms with van der Waals surface area (Å²) in [4.78, 5) is 15.2. The van der Waals surface area contributed by atoms with Gasteiger partial charge in [0.15, 0.2) is 0 Å². The Kier molecular flexibility index (Phi) is 13.8. The van der Waals surface area contributed by atoms with Gasteiger partial charge in [0, 0.05) is 44.3 Å². The Morgan fingerprint density at radius 2 is 1.34 bits per heavy atom. The first-order valence-electron chi connectivity index (χ1n) is 10.3. The van der Waals surface area contributed by atoms with Gasteiger partial charge in [0.05, 0.1) is 19.8 Å². The first-order valence-corrected chi connectivity index (χ1v) is 10.6. The number of hydrogen-bond donors (Lipinski definition) is 1. The number of benzene rings is 2. The Bertz CT molecular complexity index is 783. The van der Waals surface area contributed by atoms with Crippen LogP contribution in [-0.2, 0) is 20.8 Å². The first kappa shape index (κ1) is 28.7. The fraction of sp³-hybridized carbons (Fsp3) is 0.435. The van der Waals surface area contributed by atoms with Crippen molar-refractivity contribution in [2.24, 2.45) is 0 Å². The van der Waals surface area contributed by atoms with Gasteiger partial charge in [-0.15, -0.1) is 24.8 Å². The van der Waals surface area contributed by atoms with Crippen molar-refractivity contribution in [3.8, 4) is 11.1 Å². The van der Waals surface area contributed by atoms with Crippen LogP contribution in [0.5, 0.6) is 0 Å².